The van der Waals surface area contributed by atoms with Crippen LogP contribution in [0.4, 0.5) is 0 Å². The van der Waals surface area contributed by atoms with Gasteiger partial charge >= 0.3 is 0 Å². The Hall–Kier alpha value is -1.75. The fourth-order valence-corrected chi connectivity index (χ4v) is 4.31. The van der Waals surface area contributed by atoms with Crippen molar-refractivity contribution in [1.29, 1.82) is 0 Å². The molecule has 0 aromatic heterocycles. The molecular formula is C20H20Cl2N2O2. The Morgan fingerprint density at radius 2 is 1.62 bits per heavy atom. The number of nitrogens with one attached hydrogen (secondary N) is 2. The predicted octanol–water partition coefficient (Wildman–Crippen LogP) is 4.80. The minimum absolute atomic E-state index is 0.158. The maximum atomic E-state index is 12.9. The van der Waals surface area contributed by atoms with E-state index in [1.807, 2.05) is 12.1 Å². The zero-order valence-electron chi connectivity index (χ0n) is 14.2. The van der Waals surface area contributed by atoms with E-state index in [1.54, 1.807) is 30.3 Å². The van der Waals surface area contributed by atoms with E-state index in [1.165, 1.54) is 12.8 Å². The van der Waals surface area contributed by atoms with E-state index in [4.69, 9.17) is 27.9 Å². The van der Waals surface area contributed by atoms with Crippen LogP contribution in [0.1, 0.15) is 36.0 Å². The van der Waals surface area contributed by atoms with Crippen LogP contribution in [0, 0.1) is 0 Å². The zero-order chi connectivity index (χ0) is 18.1. The molecule has 4 rings (SSSR count). The van der Waals surface area contributed by atoms with Crippen LogP contribution in [0.5, 0.6) is 11.5 Å². The summed E-state index contributed by atoms with van der Waals surface area (Å²) in [6, 6.07) is 13.5. The molecular weight excluding hydrogens is 371 g/mol. The first kappa shape index (κ1) is 17.7. The lowest BCUT2D eigenvalue weighted by atomic mass is 9.99. The van der Waals surface area contributed by atoms with E-state index in [2.05, 4.69) is 10.6 Å². The SMILES string of the molecule is O=C(NC1CC2CCC(C1)N2)c1c(Cl)cccc1Oc1ccccc1Cl. The monoisotopic (exact) mass is 390 g/mol. The largest absolute Gasteiger partial charge is 0.455 e. The fraction of sp³-hybridized carbons (Fsp3) is 0.350. The molecule has 0 aliphatic carbocycles. The van der Waals surface area contributed by atoms with Gasteiger partial charge in [0.15, 0.2) is 0 Å². The Balaban J connectivity index is 1.55. The normalized spacial score (nSPS) is 24.3. The van der Waals surface area contributed by atoms with E-state index in [9.17, 15) is 4.79 Å². The van der Waals surface area contributed by atoms with Gasteiger partial charge in [0.25, 0.3) is 5.91 Å². The second-order valence-electron chi connectivity index (χ2n) is 6.93. The number of fused-ring (bicyclic) bond motifs is 2. The molecule has 1 amide bonds. The molecule has 2 fully saturated rings. The Bertz CT molecular complexity index is 815. The molecule has 2 aromatic carbocycles. The summed E-state index contributed by atoms with van der Waals surface area (Å²) in [4.78, 5) is 12.9. The third kappa shape index (κ3) is 3.68. The second kappa shape index (κ2) is 7.47. The molecule has 6 heteroatoms. The van der Waals surface area contributed by atoms with E-state index in [-0.39, 0.29) is 11.9 Å². The molecule has 2 unspecified atom stereocenters. The van der Waals surface area contributed by atoms with Gasteiger partial charge in [0.05, 0.1) is 10.0 Å². The molecule has 2 aromatic rings. The number of amides is 1. The molecule has 4 nitrogen and oxygen atoms in total. The van der Waals surface area contributed by atoms with Gasteiger partial charge in [-0.25, -0.2) is 0 Å². The molecule has 2 aliphatic rings. The molecule has 2 N–H and O–H groups in total. The first-order chi connectivity index (χ1) is 12.6. The first-order valence-electron chi connectivity index (χ1n) is 8.88. The van der Waals surface area contributed by atoms with Crippen molar-refractivity contribution in [3.8, 4) is 11.5 Å². The topological polar surface area (TPSA) is 50.4 Å². The third-order valence-electron chi connectivity index (χ3n) is 5.07. The number of ether oxygens (including phenoxy) is 1. The highest BCUT2D eigenvalue weighted by Crippen LogP contribution is 2.34. The van der Waals surface area contributed by atoms with Crippen molar-refractivity contribution in [1.82, 2.24) is 10.6 Å². The summed E-state index contributed by atoms with van der Waals surface area (Å²) in [5.74, 6) is 0.689. The van der Waals surface area contributed by atoms with Gasteiger partial charge in [-0.2, -0.15) is 0 Å². The molecule has 0 spiro atoms. The number of carbonyl (C=O) groups excluding carboxylic acids is 1. The highest BCUT2D eigenvalue weighted by Gasteiger charge is 2.34. The van der Waals surface area contributed by atoms with Crippen LogP contribution >= 0.6 is 23.2 Å². The maximum absolute atomic E-state index is 12.9. The number of benzene rings is 2. The van der Waals surface area contributed by atoms with Crippen LogP contribution in [0.25, 0.3) is 0 Å². The van der Waals surface area contributed by atoms with Crippen molar-refractivity contribution in [3.05, 3.63) is 58.1 Å². The highest BCUT2D eigenvalue weighted by atomic mass is 35.5. The molecule has 2 atom stereocenters. The van der Waals surface area contributed by atoms with E-state index < -0.39 is 0 Å². The van der Waals surface area contributed by atoms with Crippen LogP contribution in [-0.2, 0) is 0 Å². The first-order valence-corrected chi connectivity index (χ1v) is 9.63. The standard InChI is InChI=1S/C20H20Cl2N2O2/c21-15-4-1-2-6-17(15)26-18-7-3-5-16(22)19(18)20(25)24-14-10-12-8-9-13(11-14)23-12/h1-7,12-14,23H,8-11H2,(H,24,25). The number of hydrogen-bond acceptors (Lipinski definition) is 3. The number of carbonyl (C=O) groups is 1. The van der Waals surface area contributed by atoms with E-state index >= 15 is 0 Å². The lowest BCUT2D eigenvalue weighted by molar-refractivity contribution is 0.0922. The summed E-state index contributed by atoms with van der Waals surface area (Å²) in [5.41, 5.74) is 0.347. The summed E-state index contributed by atoms with van der Waals surface area (Å²) >= 11 is 12.5. The number of hydrogen-bond donors (Lipinski definition) is 2. The van der Waals surface area contributed by atoms with Gasteiger partial charge < -0.3 is 15.4 Å². The maximum Gasteiger partial charge on any atom is 0.256 e. The average Bonchev–Trinajstić information content (AvgIpc) is 2.95. The summed E-state index contributed by atoms with van der Waals surface area (Å²) < 4.78 is 5.90. The van der Waals surface area contributed by atoms with Gasteiger partial charge in [-0.3, -0.25) is 4.79 Å². The number of rotatable bonds is 4. The van der Waals surface area contributed by atoms with Gasteiger partial charge in [-0.05, 0) is 49.9 Å². The van der Waals surface area contributed by atoms with Gasteiger partial charge in [-0.15, -0.1) is 0 Å². The molecule has 136 valence electrons. The van der Waals surface area contributed by atoms with Gasteiger partial charge in [0.1, 0.15) is 17.1 Å². The van der Waals surface area contributed by atoms with Crippen molar-refractivity contribution in [2.24, 2.45) is 0 Å². The number of piperidine rings is 1. The van der Waals surface area contributed by atoms with Crippen LogP contribution in [-0.4, -0.2) is 24.0 Å². The summed E-state index contributed by atoms with van der Waals surface area (Å²) in [7, 11) is 0. The molecule has 2 heterocycles. The third-order valence-corrected chi connectivity index (χ3v) is 5.69. The van der Waals surface area contributed by atoms with Crippen LogP contribution in [0.15, 0.2) is 42.5 Å². The molecule has 2 saturated heterocycles. The summed E-state index contributed by atoms with van der Waals surface area (Å²) in [6.45, 7) is 0. The molecule has 2 aliphatic heterocycles. The van der Waals surface area contributed by atoms with Crippen molar-refractivity contribution >= 4 is 29.1 Å². The number of halogens is 2. The van der Waals surface area contributed by atoms with Crippen molar-refractivity contribution in [2.75, 3.05) is 0 Å². The lowest BCUT2D eigenvalue weighted by Gasteiger charge is -2.30. The highest BCUT2D eigenvalue weighted by molar-refractivity contribution is 6.34. The minimum Gasteiger partial charge on any atom is -0.455 e. The van der Waals surface area contributed by atoms with Crippen molar-refractivity contribution in [3.63, 3.8) is 0 Å². The van der Waals surface area contributed by atoms with Gasteiger partial charge in [-0.1, -0.05) is 41.4 Å². The van der Waals surface area contributed by atoms with Gasteiger partial charge in [0.2, 0.25) is 0 Å². The van der Waals surface area contributed by atoms with Crippen LogP contribution < -0.4 is 15.4 Å². The Kier molecular flexibility index (Phi) is 5.07. The second-order valence-corrected chi connectivity index (χ2v) is 7.74. The van der Waals surface area contributed by atoms with E-state index in [0.717, 1.165) is 12.8 Å². The predicted molar refractivity (Wildman–Crippen MR) is 103 cm³/mol. The zero-order valence-corrected chi connectivity index (χ0v) is 15.7. The smallest absolute Gasteiger partial charge is 0.256 e. The Morgan fingerprint density at radius 3 is 2.35 bits per heavy atom. The quantitative estimate of drug-likeness (QED) is 0.787. The lowest BCUT2D eigenvalue weighted by Crippen LogP contribution is -2.48. The van der Waals surface area contributed by atoms with Crippen LogP contribution in [0.2, 0.25) is 10.0 Å². The molecule has 2 bridgehead atoms. The fourth-order valence-electron chi connectivity index (χ4n) is 3.89. The van der Waals surface area contributed by atoms with Gasteiger partial charge in [0, 0.05) is 18.1 Å². The molecule has 0 radical (unpaired) electrons. The summed E-state index contributed by atoms with van der Waals surface area (Å²) in [5, 5.41) is 7.56. The average molecular weight is 391 g/mol. The van der Waals surface area contributed by atoms with Crippen LogP contribution in [0.3, 0.4) is 0 Å². The van der Waals surface area contributed by atoms with E-state index in [0.29, 0.717) is 39.2 Å². The number of para-hydroxylation sites is 1. The molecule has 26 heavy (non-hydrogen) atoms. The van der Waals surface area contributed by atoms with Crippen molar-refractivity contribution in [2.45, 2.75) is 43.8 Å². The minimum atomic E-state index is -0.205. The summed E-state index contributed by atoms with van der Waals surface area (Å²) in [6.07, 6.45) is 4.27. The Morgan fingerprint density at radius 1 is 0.962 bits per heavy atom. The molecule has 0 saturated carbocycles. The van der Waals surface area contributed by atoms with Crippen molar-refractivity contribution < 1.29 is 9.53 Å². The Labute approximate surface area is 162 Å².